The molecule has 0 aliphatic carbocycles. The van der Waals surface area contributed by atoms with Gasteiger partial charge in [-0.1, -0.05) is 42.3 Å². The van der Waals surface area contributed by atoms with Crippen LogP contribution in [0.2, 0.25) is 10.0 Å². The fourth-order valence-corrected chi connectivity index (χ4v) is 2.75. The summed E-state index contributed by atoms with van der Waals surface area (Å²) in [5, 5.41) is 4.76. The molecular formula is C13H17Cl2NO. The van der Waals surface area contributed by atoms with Crippen LogP contribution in [0.4, 0.5) is 0 Å². The van der Waals surface area contributed by atoms with Crippen molar-refractivity contribution in [3.05, 3.63) is 33.8 Å². The number of hydrogen-bond donors (Lipinski definition) is 1. The number of halogens is 2. The molecule has 0 aromatic heterocycles. The molecule has 1 saturated heterocycles. The summed E-state index contributed by atoms with van der Waals surface area (Å²) in [5.41, 5.74) is 1.08. The van der Waals surface area contributed by atoms with Crippen LogP contribution in [0.25, 0.3) is 0 Å². The molecule has 1 heterocycles. The SMILES string of the molecule is CCNC(c1cccc(Cl)c1Cl)C1CCOC1. The predicted molar refractivity (Wildman–Crippen MR) is 71.8 cm³/mol. The number of benzene rings is 1. The molecule has 2 rings (SSSR count). The molecule has 1 aromatic rings. The lowest BCUT2D eigenvalue weighted by Crippen LogP contribution is -2.28. The molecule has 94 valence electrons. The fourth-order valence-electron chi connectivity index (χ4n) is 2.33. The van der Waals surface area contributed by atoms with Crippen molar-refractivity contribution < 1.29 is 4.74 Å². The van der Waals surface area contributed by atoms with Crippen LogP contribution in [-0.4, -0.2) is 19.8 Å². The minimum Gasteiger partial charge on any atom is -0.381 e. The molecule has 0 amide bonds. The van der Waals surface area contributed by atoms with Crippen molar-refractivity contribution in [3.63, 3.8) is 0 Å². The Labute approximate surface area is 112 Å². The highest BCUT2D eigenvalue weighted by molar-refractivity contribution is 6.42. The Hall–Kier alpha value is -0.280. The first kappa shape index (κ1) is 13.2. The molecular weight excluding hydrogens is 257 g/mol. The van der Waals surface area contributed by atoms with Gasteiger partial charge < -0.3 is 10.1 Å². The molecule has 1 aliphatic heterocycles. The van der Waals surface area contributed by atoms with Gasteiger partial charge in [0.25, 0.3) is 0 Å². The Morgan fingerprint density at radius 1 is 1.47 bits per heavy atom. The van der Waals surface area contributed by atoms with Gasteiger partial charge in [-0.25, -0.2) is 0 Å². The van der Waals surface area contributed by atoms with E-state index in [4.69, 9.17) is 27.9 Å². The van der Waals surface area contributed by atoms with E-state index in [0.29, 0.717) is 16.0 Å². The van der Waals surface area contributed by atoms with Crippen molar-refractivity contribution in [2.24, 2.45) is 5.92 Å². The number of ether oxygens (including phenoxy) is 1. The maximum atomic E-state index is 6.29. The first-order valence-corrected chi connectivity index (χ1v) is 6.74. The third-order valence-electron chi connectivity index (χ3n) is 3.18. The average Bonchev–Trinajstić information content (AvgIpc) is 2.84. The molecule has 2 atom stereocenters. The summed E-state index contributed by atoms with van der Waals surface area (Å²) in [4.78, 5) is 0. The summed E-state index contributed by atoms with van der Waals surface area (Å²) in [5.74, 6) is 0.478. The minimum atomic E-state index is 0.230. The Morgan fingerprint density at radius 3 is 2.94 bits per heavy atom. The first-order chi connectivity index (χ1) is 8.24. The van der Waals surface area contributed by atoms with Crippen molar-refractivity contribution in [1.29, 1.82) is 0 Å². The van der Waals surface area contributed by atoms with Gasteiger partial charge in [-0.15, -0.1) is 0 Å². The quantitative estimate of drug-likeness (QED) is 0.904. The maximum Gasteiger partial charge on any atom is 0.0640 e. The van der Waals surface area contributed by atoms with Crippen LogP contribution in [0.15, 0.2) is 18.2 Å². The smallest absolute Gasteiger partial charge is 0.0640 e. The third kappa shape index (κ3) is 2.94. The summed E-state index contributed by atoms with van der Waals surface area (Å²) >= 11 is 12.4. The summed E-state index contributed by atoms with van der Waals surface area (Å²) in [6.07, 6.45) is 1.07. The predicted octanol–water partition coefficient (Wildman–Crippen LogP) is 3.68. The van der Waals surface area contributed by atoms with Gasteiger partial charge in [0.1, 0.15) is 0 Å². The molecule has 1 fully saturated rings. The second-order valence-electron chi connectivity index (χ2n) is 4.30. The Morgan fingerprint density at radius 2 is 2.29 bits per heavy atom. The Bertz CT molecular complexity index is 378. The van der Waals surface area contributed by atoms with E-state index in [2.05, 4.69) is 12.2 Å². The zero-order chi connectivity index (χ0) is 12.3. The molecule has 0 bridgehead atoms. The Kier molecular flexibility index (Phi) is 4.69. The van der Waals surface area contributed by atoms with E-state index in [9.17, 15) is 0 Å². The van der Waals surface area contributed by atoms with Crippen LogP contribution < -0.4 is 5.32 Å². The van der Waals surface area contributed by atoms with E-state index >= 15 is 0 Å². The van der Waals surface area contributed by atoms with Gasteiger partial charge in [-0.3, -0.25) is 0 Å². The largest absolute Gasteiger partial charge is 0.381 e. The second kappa shape index (κ2) is 6.05. The lowest BCUT2D eigenvalue weighted by Gasteiger charge is -2.25. The van der Waals surface area contributed by atoms with Crippen LogP contribution in [0.3, 0.4) is 0 Å². The van der Waals surface area contributed by atoms with Gasteiger partial charge in [0.15, 0.2) is 0 Å². The topological polar surface area (TPSA) is 21.3 Å². The van der Waals surface area contributed by atoms with Crippen molar-refractivity contribution >= 4 is 23.2 Å². The normalized spacial score (nSPS) is 21.7. The summed E-state index contributed by atoms with van der Waals surface area (Å²) in [6, 6.07) is 6.04. The molecule has 1 aliphatic rings. The van der Waals surface area contributed by atoms with Gasteiger partial charge in [-0.05, 0) is 24.6 Å². The van der Waals surface area contributed by atoms with Crippen LogP contribution in [-0.2, 0) is 4.74 Å². The fraction of sp³-hybridized carbons (Fsp3) is 0.538. The third-order valence-corrected chi connectivity index (χ3v) is 4.01. The molecule has 2 nitrogen and oxygen atoms in total. The maximum absolute atomic E-state index is 6.29. The summed E-state index contributed by atoms with van der Waals surface area (Å²) < 4.78 is 5.46. The summed E-state index contributed by atoms with van der Waals surface area (Å²) in [6.45, 7) is 4.64. The van der Waals surface area contributed by atoms with E-state index in [-0.39, 0.29) is 6.04 Å². The van der Waals surface area contributed by atoms with E-state index in [1.807, 2.05) is 18.2 Å². The van der Waals surface area contributed by atoms with Crippen LogP contribution in [0, 0.1) is 5.92 Å². The Balaban J connectivity index is 2.27. The van der Waals surface area contributed by atoms with E-state index in [1.54, 1.807) is 0 Å². The van der Waals surface area contributed by atoms with Crippen molar-refractivity contribution in [2.75, 3.05) is 19.8 Å². The molecule has 0 radical (unpaired) electrons. The van der Waals surface area contributed by atoms with Crippen molar-refractivity contribution in [2.45, 2.75) is 19.4 Å². The van der Waals surface area contributed by atoms with E-state index in [1.165, 1.54) is 0 Å². The zero-order valence-corrected chi connectivity index (χ0v) is 11.4. The van der Waals surface area contributed by atoms with Crippen LogP contribution in [0.5, 0.6) is 0 Å². The van der Waals surface area contributed by atoms with Gasteiger partial charge in [0.2, 0.25) is 0 Å². The van der Waals surface area contributed by atoms with Gasteiger partial charge in [-0.2, -0.15) is 0 Å². The van der Waals surface area contributed by atoms with Crippen LogP contribution in [0.1, 0.15) is 24.9 Å². The van der Waals surface area contributed by atoms with E-state index < -0.39 is 0 Å². The molecule has 0 saturated carbocycles. The minimum absolute atomic E-state index is 0.230. The highest BCUT2D eigenvalue weighted by Crippen LogP contribution is 2.35. The average molecular weight is 274 g/mol. The van der Waals surface area contributed by atoms with Crippen molar-refractivity contribution in [1.82, 2.24) is 5.32 Å². The van der Waals surface area contributed by atoms with Gasteiger partial charge in [0, 0.05) is 18.6 Å². The van der Waals surface area contributed by atoms with Crippen molar-refractivity contribution in [3.8, 4) is 0 Å². The summed E-state index contributed by atoms with van der Waals surface area (Å²) in [7, 11) is 0. The van der Waals surface area contributed by atoms with Gasteiger partial charge in [0.05, 0.1) is 16.7 Å². The molecule has 4 heteroatoms. The first-order valence-electron chi connectivity index (χ1n) is 5.99. The second-order valence-corrected chi connectivity index (χ2v) is 5.09. The molecule has 1 aromatic carbocycles. The number of hydrogen-bond acceptors (Lipinski definition) is 2. The number of nitrogens with one attached hydrogen (secondary N) is 1. The van der Waals surface area contributed by atoms with Crippen LogP contribution >= 0.6 is 23.2 Å². The molecule has 0 spiro atoms. The lowest BCUT2D eigenvalue weighted by molar-refractivity contribution is 0.177. The zero-order valence-electron chi connectivity index (χ0n) is 9.88. The van der Waals surface area contributed by atoms with E-state index in [0.717, 1.165) is 31.7 Å². The highest BCUT2D eigenvalue weighted by Gasteiger charge is 2.28. The van der Waals surface area contributed by atoms with Gasteiger partial charge >= 0.3 is 0 Å². The number of rotatable bonds is 4. The lowest BCUT2D eigenvalue weighted by atomic mass is 9.92. The monoisotopic (exact) mass is 273 g/mol. The molecule has 1 N–H and O–H groups in total. The molecule has 2 unspecified atom stereocenters. The highest BCUT2D eigenvalue weighted by atomic mass is 35.5. The standard InChI is InChI=1S/C13H17Cl2NO/c1-2-16-13(9-6-7-17-8-9)10-4-3-5-11(14)12(10)15/h3-5,9,13,16H,2,6-8H2,1H3. The molecule has 17 heavy (non-hydrogen) atoms.